The summed E-state index contributed by atoms with van der Waals surface area (Å²) < 4.78 is 10.5. The third-order valence-electron chi connectivity index (χ3n) is 3.06. The first-order valence-corrected chi connectivity index (χ1v) is 5.53. The number of benzene rings is 2. The van der Waals surface area contributed by atoms with E-state index in [1.165, 1.54) is 0 Å². The molecule has 0 saturated carbocycles. The quantitative estimate of drug-likeness (QED) is 0.902. The average Bonchev–Trinajstić information content (AvgIpc) is 2.37. The van der Waals surface area contributed by atoms with Crippen LogP contribution in [0.2, 0.25) is 0 Å². The first-order valence-electron chi connectivity index (χ1n) is 5.53. The Balaban J connectivity index is 2.77. The van der Waals surface area contributed by atoms with Gasteiger partial charge in [0.1, 0.15) is 0 Å². The highest BCUT2D eigenvalue weighted by Crippen LogP contribution is 2.34. The lowest BCUT2D eigenvalue weighted by Crippen LogP contribution is -2.12. The van der Waals surface area contributed by atoms with Crippen molar-refractivity contribution in [1.29, 1.82) is 0 Å². The standard InChI is InChI=1S/C14H15NO3/c1-8-10(14(15)16)5-4-9-6-12(17-2)13(18-3)7-11(8)9/h4-7H,1-3H3,(H2,15,16). The van der Waals surface area contributed by atoms with E-state index in [4.69, 9.17) is 15.2 Å². The highest BCUT2D eigenvalue weighted by molar-refractivity contribution is 6.01. The molecule has 1 amide bonds. The fourth-order valence-electron chi connectivity index (χ4n) is 2.07. The second-order valence-corrected chi connectivity index (χ2v) is 4.03. The summed E-state index contributed by atoms with van der Waals surface area (Å²) in [4.78, 5) is 11.3. The Morgan fingerprint density at radius 3 is 2.28 bits per heavy atom. The first kappa shape index (κ1) is 12.2. The first-order chi connectivity index (χ1) is 8.58. The number of rotatable bonds is 3. The highest BCUT2D eigenvalue weighted by atomic mass is 16.5. The van der Waals surface area contributed by atoms with E-state index in [0.717, 1.165) is 16.3 Å². The summed E-state index contributed by atoms with van der Waals surface area (Å²) in [7, 11) is 3.17. The summed E-state index contributed by atoms with van der Waals surface area (Å²) >= 11 is 0. The lowest BCUT2D eigenvalue weighted by atomic mass is 9.99. The van der Waals surface area contributed by atoms with Crippen LogP contribution in [-0.2, 0) is 0 Å². The Hall–Kier alpha value is -2.23. The van der Waals surface area contributed by atoms with Crippen molar-refractivity contribution in [3.8, 4) is 11.5 Å². The van der Waals surface area contributed by atoms with Crippen molar-refractivity contribution in [2.45, 2.75) is 6.92 Å². The number of ether oxygens (including phenoxy) is 2. The van der Waals surface area contributed by atoms with Crippen molar-refractivity contribution in [1.82, 2.24) is 0 Å². The Bertz CT molecular complexity index is 620. The van der Waals surface area contributed by atoms with Crippen LogP contribution < -0.4 is 15.2 Å². The van der Waals surface area contributed by atoms with E-state index in [2.05, 4.69) is 0 Å². The van der Waals surface area contributed by atoms with Gasteiger partial charge in [0.05, 0.1) is 14.2 Å². The van der Waals surface area contributed by atoms with E-state index < -0.39 is 5.91 Å². The van der Waals surface area contributed by atoms with Gasteiger partial charge in [0.2, 0.25) is 5.91 Å². The second-order valence-electron chi connectivity index (χ2n) is 4.03. The molecule has 2 N–H and O–H groups in total. The zero-order valence-electron chi connectivity index (χ0n) is 10.6. The molecular formula is C14H15NO3. The molecule has 0 unspecified atom stereocenters. The van der Waals surface area contributed by atoms with E-state index in [-0.39, 0.29) is 0 Å². The lowest BCUT2D eigenvalue weighted by Gasteiger charge is -2.12. The minimum absolute atomic E-state index is 0.427. The maximum absolute atomic E-state index is 11.3. The predicted molar refractivity (Wildman–Crippen MR) is 70.3 cm³/mol. The number of primary amides is 1. The molecule has 0 atom stereocenters. The van der Waals surface area contributed by atoms with Gasteiger partial charge in [-0.3, -0.25) is 4.79 Å². The van der Waals surface area contributed by atoms with Gasteiger partial charge in [0.25, 0.3) is 0 Å². The number of fused-ring (bicyclic) bond motifs is 1. The number of hydrogen-bond donors (Lipinski definition) is 1. The molecule has 0 aromatic heterocycles. The normalized spacial score (nSPS) is 10.4. The molecule has 4 nitrogen and oxygen atoms in total. The van der Waals surface area contributed by atoms with Crippen molar-refractivity contribution in [2.24, 2.45) is 5.73 Å². The lowest BCUT2D eigenvalue weighted by molar-refractivity contribution is 0.1000. The van der Waals surface area contributed by atoms with Crippen LogP contribution in [0.15, 0.2) is 24.3 Å². The van der Waals surface area contributed by atoms with E-state index in [1.54, 1.807) is 20.3 Å². The zero-order chi connectivity index (χ0) is 13.3. The minimum Gasteiger partial charge on any atom is -0.493 e. The molecule has 0 radical (unpaired) electrons. The number of amides is 1. The summed E-state index contributed by atoms with van der Waals surface area (Å²) in [6, 6.07) is 7.32. The SMILES string of the molecule is COc1cc2ccc(C(N)=O)c(C)c2cc1OC. The van der Waals surface area contributed by atoms with Gasteiger partial charge in [-0.25, -0.2) is 0 Å². The van der Waals surface area contributed by atoms with Crippen LogP contribution >= 0.6 is 0 Å². The van der Waals surface area contributed by atoms with E-state index >= 15 is 0 Å². The van der Waals surface area contributed by atoms with Crippen LogP contribution in [0, 0.1) is 6.92 Å². The summed E-state index contributed by atoms with van der Waals surface area (Å²) in [5.74, 6) is 0.870. The average molecular weight is 245 g/mol. The topological polar surface area (TPSA) is 61.5 Å². The molecule has 0 saturated heterocycles. The smallest absolute Gasteiger partial charge is 0.248 e. The molecule has 0 aliphatic rings. The maximum atomic E-state index is 11.3. The number of carbonyl (C=O) groups is 1. The molecule has 4 heteroatoms. The van der Waals surface area contributed by atoms with Crippen molar-refractivity contribution >= 4 is 16.7 Å². The summed E-state index contributed by atoms with van der Waals surface area (Å²) in [5.41, 5.74) is 6.71. The number of hydrogen-bond acceptors (Lipinski definition) is 3. The number of aryl methyl sites for hydroxylation is 1. The van der Waals surface area contributed by atoms with Gasteiger partial charge in [0.15, 0.2) is 11.5 Å². The van der Waals surface area contributed by atoms with Gasteiger partial charge < -0.3 is 15.2 Å². The van der Waals surface area contributed by atoms with Gasteiger partial charge in [-0.05, 0) is 41.5 Å². The molecule has 18 heavy (non-hydrogen) atoms. The summed E-state index contributed by atoms with van der Waals surface area (Å²) in [6.07, 6.45) is 0. The monoisotopic (exact) mass is 245 g/mol. The third kappa shape index (κ3) is 1.86. The van der Waals surface area contributed by atoms with Gasteiger partial charge in [-0.2, -0.15) is 0 Å². The van der Waals surface area contributed by atoms with Crippen LogP contribution in [0.3, 0.4) is 0 Å². The molecule has 2 rings (SSSR count). The molecule has 0 fully saturated rings. The molecule has 2 aromatic rings. The van der Waals surface area contributed by atoms with E-state index in [0.29, 0.717) is 17.1 Å². The fourth-order valence-corrected chi connectivity index (χ4v) is 2.07. The number of carbonyl (C=O) groups excluding carboxylic acids is 1. The predicted octanol–water partition coefficient (Wildman–Crippen LogP) is 2.26. The summed E-state index contributed by atoms with van der Waals surface area (Å²) in [5, 5.41) is 1.92. The van der Waals surface area contributed by atoms with Crippen molar-refractivity contribution < 1.29 is 14.3 Å². The van der Waals surface area contributed by atoms with Crippen molar-refractivity contribution in [3.05, 3.63) is 35.4 Å². The number of nitrogens with two attached hydrogens (primary N) is 1. The maximum Gasteiger partial charge on any atom is 0.248 e. The molecule has 0 bridgehead atoms. The van der Waals surface area contributed by atoms with Crippen molar-refractivity contribution in [2.75, 3.05) is 14.2 Å². The second kappa shape index (κ2) is 4.56. The van der Waals surface area contributed by atoms with Crippen LogP contribution in [0.5, 0.6) is 11.5 Å². The largest absolute Gasteiger partial charge is 0.493 e. The molecule has 0 spiro atoms. The van der Waals surface area contributed by atoms with Crippen LogP contribution in [0.4, 0.5) is 0 Å². The molecule has 0 aliphatic carbocycles. The molecule has 0 aliphatic heterocycles. The van der Waals surface area contributed by atoms with Gasteiger partial charge >= 0.3 is 0 Å². The fraction of sp³-hybridized carbons (Fsp3) is 0.214. The van der Waals surface area contributed by atoms with Crippen molar-refractivity contribution in [3.63, 3.8) is 0 Å². The third-order valence-corrected chi connectivity index (χ3v) is 3.06. The van der Waals surface area contributed by atoms with Crippen LogP contribution in [0.25, 0.3) is 10.8 Å². The van der Waals surface area contributed by atoms with Gasteiger partial charge in [-0.1, -0.05) is 6.07 Å². The molecule has 94 valence electrons. The zero-order valence-corrected chi connectivity index (χ0v) is 10.6. The van der Waals surface area contributed by atoms with Crippen LogP contribution in [0.1, 0.15) is 15.9 Å². The minimum atomic E-state index is -0.427. The molecular weight excluding hydrogens is 230 g/mol. The Kier molecular flexibility index (Phi) is 3.10. The molecule has 0 heterocycles. The van der Waals surface area contributed by atoms with Crippen LogP contribution in [-0.4, -0.2) is 20.1 Å². The Morgan fingerprint density at radius 1 is 1.11 bits per heavy atom. The summed E-state index contributed by atoms with van der Waals surface area (Å²) in [6.45, 7) is 1.87. The van der Waals surface area contributed by atoms with E-state index in [9.17, 15) is 4.79 Å². The Labute approximate surface area is 105 Å². The highest BCUT2D eigenvalue weighted by Gasteiger charge is 2.12. The Morgan fingerprint density at radius 2 is 1.72 bits per heavy atom. The number of methoxy groups -OCH3 is 2. The van der Waals surface area contributed by atoms with Gasteiger partial charge in [-0.15, -0.1) is 0 Å². The molecule has 2 aromatic carbocycles. The van der Waals surface area contributed by atoms with E-state index in [1.807, 2.05) is 25.1 Å². The van der Waals surface area contributed by atoms with Gasteiger partial charge in [0, 0.05) is 5.56 Å².